The van der Waals surface area contributed by atoms with E-state index in [-0.39, 0.29) is 6.04 Å². The highest BCUT2D eigenvalue weighted by atomic mass is 19.4. The number of carboxylic acids is 1. The summed E-state index contributed by atoms with van der Waals surface area (Å²) in [6, 6.07) is -0.137. The Morgan fingerprint density at radius 2 is 2.00 bits per heavy atom. The molecule has 6 nitrogen and oxygen atoms in total. The van der Waals surface area contributed by atoms with Crippen molar-refractivity contribution in [3.63, 3.8) is 0 Å². The maximum Gasteiger partial charge on any atom is 0.490 e. The fraction of sp³-hybridized carbons (Fsp3) is 0.571. The lowest BCUT2D eigenvalue weighted by atomic mass is 10.3. The van der Waals surface area contributed by atoms with Gasteiger partial charge in [0, 0.05) is 6.92 Å². The normalized spacial score (nSPS) is 12.6. The summed E-state index contributed by atoms with van der Waals surface area (Å²) in [5, 5.41) is 10.7. The van der Waals surface area contributed by atoms with Crippen LogP contribution < -0.4 is 5.73 Å². The molecule has 1 rings (SSSR count). The van der Waals surface area contributed by atoms with Gasteiger partial charge >= 0.3 is 12.1 Å². The van der Waals surface area contributed by atoms with Crippen molar-refractivity contribution in [1.82, 2.24) is 10.1 Å². The van der Waals surface area contributed by atoms with Crippen LogP contribution in [0.5, 0.6) is 0 Å². The molecule has 16 heavy (non-hydrogen) atoms. The third-order valence-electron chi connectivity index (χ3n) is 1.19. The number of alkyl halides is 3. The van der Waals surface area contributed by atoms with Gasteiger partial charge in [0.15, 0.2) is 5.82 Å². The Morgan fingerprint density at radius 3 is 2.12 bits per heavy atom. The first kappa shape index (κ1) is 14.4. The predicted molar refractivity (Wildman–Crippen MR) is 45.3 cm³/mol. The van der Waals surface area contributed by atoms with Crippen molar-refractivity contribution in [3.05, 3.63) is 11.7 Å². The van der Waals surface area contributed by atoms with Crippen LogP contribution in [0.2, 0.25) is 0 Å². The second-order valence-corrected chi connectivity index (χ2v) is 2.76. The van der Waals surface area contributed by atoms with E-state index in [0.29, 0.717) is 11.7 Å². The van der Waals surface area contributed by atoms with Gasteiger partial charge in [0.25, 0.3) is 0 Å². The van der Waals surface area contributed by atoms with Crippen LogP contribution in [0.1, 0.15) is 24.7 Å². The molecular formula is C7H10F3N3O3. The summed E-state index contributed by atoms with van der Waals surface area (Å²) in [5.41, 5.74) is 5.44. The minimum atomic E-state index is -5.08. The van der Waals surface area contributed by atoms with Crippen molar-refractivity contribution >= 4 is 5.97 Å². The zero-order valence-electron chi connectivity index (χ0n) is 8.45. The topological polar surface area (TPSA) is 102 Å². The Labute approximate surface area is 88.2 Å². The zero-order chi connectivity index (χ0) is 12.9. The Balaban J connectivity index is 0.000000293. The summed E-state index contributed by atoms with van der Waals surface area (Å²) in [6.45, 7) is 3.54. The highest BCUT2D eigenvalue weighted by molar-refractivity contribution is 5.73. The lowest BCUT2D eigenvalue weighted by molar-refractivity contribution is -0.192. The molecule has 9 heteroatoms. The van der Waals surface area contributed by atoms with Crippen LogP contribution in [0.3, 0.4) is 0 Å². The van der Waals surface area contributed by atoms with E-state index in [2.05, 4.69) is 14.7 Å². The van der Waals surface area contributed by atoms with E-state index >= 15 is 0 Å². The number of hydrogen-bond donors (Lipinski definition) is 2. The number of nitrogens with zero attached hydrogens (tertiary/aromatic N) is 2. The largest absolute Gasteiger partial charge is 0.490 e. The maximum atomic E-state index is 10.6. The SMILES string of the molecule is Cc1nc([C@H](C)N)no1.O=C(O)C(F)(F)F. The van der Waals surface area contributed by atoms with Gasteiger partial charge in [0.05, 0.1) is 6.04 Å². The van der Waals surface area contributed by atoms with Gasteiger partial charge in [0.1, 0.15) is 0 Å². The molecule has 1 heterocycles. The summed E-state index contributed by atoms with van der Waals surface area (Å²) >= 11 is 0. The molecule has 0 spiro atoms. The number of halogens is 3. The summed E-state index contributed by atoms with van der Waals surface area (Å²) in [4.78, 5) is 12.8. The third-order valence-corrected chi connectivity index (χ3v) is 1.19. The molecule has 1 aromatic heterocycles. The number of nitrogens with two attached hydrogens (primary N) is 1. The van der Waals surface area contributed by atoms with Gasteiger partial charge in [-0.1, -0.05) is 5.16 Å². The number of carboxylic acid groups (broad SMARTS) is 1. The molecule has 0 fully saturated rings. The predicted octanol–water partition coefficient (Wildman–Crippen LogP) is 1.03. The molecule has 0 saturated heterocycles. The molecule has 3 N–H and O–H groups in total. The van der Waals surface area contributed by atoms with Crippen molar-refractivity contribution in [3.8, 4) is 0 Å². The first-order valence-electron chi connectivity index (χ1n) is 4.00. The van der Waals surface area contributed by atoms with Gasteiger partial charge in [-0.2, -0.15) is 18.2 Å². The molecule has 0 bridgehead atoms. The van der Waals surface area contributed by atoms with E-state index in [1.165, 1.54) is 0 Å². The molecule has 92 valence electrons. The monoisotopic (exact) mass is 241 g/mol. The molecule has 1 aromatic rings. The average Bonchev–Trinajstić information content (AvgIpc) is 2.51. The van der Waals surface area contributed by atoms with Crippen molar-refractivity contribution in [2.75, 3.05) is 0 Å². The van der Waals surface area contributed by atoms with Gasteiger partial charge in [0.2, 0.25) is 5.89 Å². The summed E-state index contributed by atoms with van der Waals surface area (Å²) in [6.07, 6.45) is -5.08. The van der Waals surface area contributed by atoms with E-state index < -0.39 is 12.1 Å². The molecule has 0 aromatic carbocycles. The number of aromatic nitrogens is 2. The van der Waals surface area contributed by atoms with Crippen LogP contribution in [0.15, 0.2) is 4.52 Å². The van der Waals surface area contributed by atoms with E-state index in [1.54, 1.807) is 6.92 Å². The van der Waals surface area contributed by atoms with Crippen LogP contribution in [0, 0.1) is 6.92 Å². The molecule has 1 atom stereocenters. The number of aliphatic carboxylic acids is 1. The number of aryl methyl sites for hydroxylation is 1. The van der Waals surface area contributed by atoms with Crippen LogP contribution >= 0.6 is 0 Å². The fourth-order valence-electron chi connectivity index (χ4n) is 0.500. The number of rotatable bonds is 1. The Morgan fingerprint density at radius 1 is 1.56 bits per heavy atom. The molecule has 0 amide bonds. The second kappa shape index (κ2) is 5.45. The zero-order valence-corrected chi connectivity index (χ0v) is 8.45. The van der Waals surface area contributed by atoms with E-state index in [9.17, 15) is 13.2 Å². The summed E-state index contributed by atoms with van der Waals surface area (Å²) in [7, 11) is 0. The van der Waals surface area contributed by atoms with Crippen LogP contribution in [-0.2, 0) is 4.79 Å². The van der Waals surface area contributed by atoms with Gasteiger partial charge in [-0.3, -0.25) is 0 Å². The van der Waals surface area contributed by atoms with Gasteiger partial charge in [-0.15, -0.1) is 0 Å². The minimum Gasteiger partial charge on any atom is -0.475 e. The van der Waals surface area contributed by atoms with E-state index in [4.69, 9.17) is 15.6 Å². The average molecular weight is 241 g/mol. The van der Waals surface area contributed by atoms with Gasteiger partial charge < -0.3 is 15.4 Å². The van der Waals surface area contributed by atoms with Crippen molar-refractivity contribution in [2.24, 2.45) is 5.73 Å². The maximum absolute atomic E-state index is 10.6. The Kier molecular flexibility index (Phi) is 4.89. The number of hydrogen-bond acceptors (Lipinski definition) is 5. The summed E-state index contributed by atoms with van der Waals surface area (Å²) < 4.78 is 36.4. The van der Waals surface area contributed by atoms with E-state index in [0.717, 1.165) is 0 Å². The van der Waals surface area contributed by atoms with E-state index in [1.807, 2.05) is 6.92 Å². The number of carbonyl (C=O) groups is 1. The fourth-order valence-corrected chi connectivity index (χ4v) is 0.500. The van der Waals surface area contributed by atoms with Crippen molar-refractivity contribution in [1.29, 1.82) is 0 Å². The second-order valence-electron chi connectivity index (χ2n) is 2.76. The lowest BCUT2D eigenvalue weighted by Gasteiger charge is -1.93. The first-order valence-corrected chi connectivity index (χ1v) is 4.00. The highest BCUT2D eigenvalue weighted by Crippen LogP contribution is 2.13. The minimum absolute atomic E-state index is 0.137. The third kappa shape index (κ3) is 5.29. The quantitative estimate of drug-likeness (QED) is 0.761. The van der Waals surface area contributed by atoms with Crippen LogP contribution in [0.25, 0.3) is 0 Å². The lowest BCUT2D eigenvalue weighted by Crippen LogP contribution is -2.21. The standard InChI is InChI=1S/C5H9N3O.C2HF3O2/c1-3(6)5-7-4(2)9-8-5;3-2(4,5)1(6)7/h3H,6H2,1-2H3;(H,6,7)/t3-;/m0./s1. The molecule has 0 radical (unpaired) electrons. The van der Waals surface area contributed by atoms with Crippen molar-refractivity contribution < 1.29 is 27.6 Å². The van der Waals surface area contributed by atoms with Gasteiger partial charge in [-0.25, -0.2) is 4.79 Å². The van der Waals surface area contributed by atoms with Crippen LogP contribution in [-0.4, -0.2) is 27.4 Å². The molecule has 0 saturated carbocycles. The summed E-state index contributed by atoms with van der Waals surface area (Å²) in [5.74, 6) is -1.64. The molecular weight excluding hydrogens is 231 g/mol. The highest BCUT2D eigenvalue weighted by Gasteiger charge is 2.38. The van der Waals surface area contributed by atoms with Gasteiger partial charge in [-0.05, 0) is 6.92 Å². The smallest absolute Gasteiger partial charge is 0.475 e. The van der Waals surface area contributed by atoms with Crippen LogP contribution in [0.4, 0.5) is 13.2 Å². The molecule has 0 aliphatic carbocycles. The first-order chi connectivity index (χ1) is 7.14. The molecule has 0 aliphatic rings. The molecule has 0 unspecified atom stereocenters. The Bertz CT molecular complexity index is 348. The Hall–Kier alpha value is -1.64. The molecule has 0 aliphatic heterocycles. The van der Waals surface area contributed by atoms with Crippen molar-refractivity contribution in [2.45, 2.75) is 26.1 Å².